The lowest BCUT2D eigenvalue weighted by atomic mass is 9.90. The second-order valence-corrected chi connectivity index (χ2v) is 9.20. The number of aliphatic hydroxyl groups excluding tert-OH is 1. The monoisotopic (exact) mass is 390 g/mol. The van der Waals surface area contributed by atoms with E-state index in [9.17, 15) is 5.11 Å². The minimum Gasteiger partial charge on any atom is -0.368 e. The van der Waals surface area contributed by atoms with E-state index < -0.39 is 6.29 Å². The number of rotatable bonds is 6. The maximum absolute atomic E-state index is 9.98. The van der Waals surface area contributed by atoms with Crippen molar-refractivity contribution in [2.45, 2.75) is 69.2 Å². The summed E-state index contributed by atoms with van der Waals surface area (Å²) in [6.45, 7) is 0. The van der Waals surface area contributed by atoms with Crippen LogP contribution in [-0.2, 0) is 11.2 Å². The van der Waals surface area contributed by atoms with Crippen LogP contribution in [0.3, 0.4) is 0 Å². The van der Waals surface area contributed by atoms with Crippen molar-refractivity contribution < 1.29 is 9.84 Å². The van der Waals surface area contributed by atoms with E-state index in [2.05, 4.69) is 34.3 Å². The third-order valence-electron chi connectivity index (χ3n) is 6.26. The zero-order chi connectivity index (χ0) is 19.0. The summed E-state index contributed by atoms with van der Waals surface area (Å²) in [5, 5.41) is 14.9. The lowest BCUT2D eigenvalue weighted by Crippen LogP contribution is -2.36. The van der Waals surface area contributed by atoms with Gasteiger partial charge in [-0.15, -0.1) is 11.3 Å². The molecule has 0 saturated heterocycles. The highest BCUT2D eigenvalue weighted by atomic mass is 32.1. The SMILES string of the molecule is COC(O)CC1CCc2sc3ncnc(NC4CCC(N(C)C)CC4)c3c21. The number of aryl methyl sites for hydroxylation is 1. The summed E-state index contributed by atoms with van der Waals surface area (Å²) in [7, 11) is 5.91. The molecule has 0 spiro atoms. The van der Waals surface area contributed by atoms with Gasteiger partial charge in [-0.05, 0) is 64.1 Å². The number of fused-ring (bicyclic) bond motifs is 3. The lowest BCUT2D eigenvalue weighted by molar-refractivity contribution is -0.0819. The standard InChI is InChI=1S/C20H30N4O2S/c1-24(2)14-7-5-13(6-8-14)23-19-18-17-12(10-16(25)26-3)4-9-15(17)27-20(18)22-11-21-19/h11-14,16,25H,4-10H2,1-3H3,(H,21,22,23). The van der Waals surface area contributed by atoms with E-state index >= 15 is 0 Å². The highest BCUT2D eigenvalue weighted by Crippen LogP contribution is 2.47. The fourth-order valence-electron chi connectivity index (χ4n) is 4.68. The van der Waals surface area contributed by atoms with E-state index in [0.29, 0.717) is 24.4 Å². The molecule has 27 heavy (non-hydrogen) atoms. The first-order chi connectivity index (χ1) is 13.1. The van der Waals surface area contributed by atoms with Gasteiger partial charge >= 0.3 is 0 Å². The Balaban J connectivity index is 1.57. The molecule has 2 unspecified atom stereocenters. The van der Waals surface area contributed by atoms with Crippen LogP contribution in [0.1, 0.15) is 54.9 Å². The van der Waals surface area contributed by atoms with Gasteiger partial charge in [0.05, 0.1) is 5.39 Å². The number of nitrogens with zero attached hydrogens (tertiary/aromatic N) is 3. The van der Waals surface area contributed by atoms with E-state index in [1.165, 1.54) is 41.5 Å². The van der Waals surface area contributed by atoms with Gasteiger partial charge in [-0.1, -0.05) is 0 Å². The van der Waals surface area contributed by atoms with Crippen LogP contribution in [0.15, 0.2) is 6.33 Å². The van der Waals surface area contributed by atoms with Crippen molar-refractivity contribution in [2.24, 2.45) is 0 Å². The van der Waals surface area contributed by atoms with Gasteiger partial charge in [0.25, 0.3) is 0 Å². The van der Waals surface area contributed by atoms with Gasteiger partial charge in [0, 0.05) is 30.5 Å². The van der Waals surface area contributed by atoms with E-state index in [-0.39, 0.29) is 0 Å². The fourth-order valence-corrected chi connectivity index (χ4v) is 5.92. The molecule has 148 valence electrons. The largest absolute Gasteiger partial charge is 0.368 e. The first-order valence-corrected chi connectivity index (χ1v) is 10.8. The van der Waals surface area contributed by atoms with E-state index in [1.807, 2.05) is 0 Å². The van der Waals surface area contributed by atoms with Crippen LogP contribution < -0.4 is 5.32 Å². The Morgan fingerprint density at radius 2 is 2.04 bits per heavy atom. The Morgan fingerprint density at radius 1 is 1.26 bits per heavy atom. The minimum atomic E-state index is -0.710. The van der Waals surface area contributed by atoms with E-state index in [1.54, 1.807) is 24.8 Å². The molecule has 4 rings (SSSR count). The topological polar surface area (TPSA) is 70.5 Å². The number of aromatic nitrogens is 2. The highest BCUT2D eigenvalue weighted by molar-refractivity contribution is 7.19. The summed E-state index contributed by atoms with van der Waals surface area (Å²) >= 11 is 1.79. The number of methoxy groups -OCH3 is 1. The van der Waals surface area contributed by atoms with Crippen LogP contribution in [-0.4, -0.2) is 59.6 Å². The molecule has 2 aliphatic carbocycles. The number of nitrogens with one attached hydrogen (secondary N) is 1. The van der Waals surface area contributed by atoms with E-state index in [4.69, 9.17) is 4.74 Å². The summed E-state index contributed by atoms with van der Waals surface area (Å²) in [5.74, 6) is 1.30. The van der Waals surface area contributed by atoms with Gasteiger partial charge < -0.3 is 20.1 Å². The molecular weight excluding hydrogens is 360 g/mol. The van der Waals surface area contributed by atoms with E-state index in [0.717, 1.165) is 23.5 Å². The zero-order valence-corrected chi connectivity index (χ0v) is 17.3. The molecule has 7 heteroatoms. The first kappa shape index (κ1) is 19.1. The van der Waals surface area contributed by atoms with Crippen molar-refractivity contribution in [1.82, 2.24) is 14.9 Å². The number of thiophene rings is 1. The second-order valence-electron chi connectivity index (χ2n) is 8.12. The maximum atomic E-state index is 9.98. The van der Waals surface area contributed by atoms with Crippen molar-refractivity contribution >= 4 is 27.4 Å². The molecule has 2 heterocycles. The summed E-state index contributed by atoms with van der Waals surface area (Å²) < 4.78 is 5.10. The Morgan fingerprint density at radius 3 is 2.74 bits per heavy atom. The number of ether oxygens (including phenoxy) is 1. The maximum Gasteiger partial charge on any atom is 0.154 e. The zero-order valence-electron chi connectivity index (χ0n) is 16.4. The molecule has 0 aromatic carbocycles. The van der Waals surface area contributed by atoms with Gasteiger partial charge in [-0.2, -0.15) is 0 Å². The summed E-state index contributed by atoms with van der Waals surface area (Å²) in [6, 6.07) is 1.16. The van der Waals surface area contributed by atoms with Gasteiger partial charge in [0.2, 0.25) is 0 Å². The quantitative estimate of drug-likeness (QED) is 0.737. The Labute approximate surface area is 165 Å². The van der Waals surface area contributed by atoms with Crippen molar-refractivity contribution in [2.75, 3.05) is 26.5 Å². The Kier molecular flexibility index (Phi) is 5.64. The minimum absolute atomic E-state index is 0.319. The third-order valence-corrected chi connectivity index (χ3v) is 7.43. The molecule has 6 nitrogen and oxygen atoms in total. The molecule has 0 bridgehead atoms. The molecule has 2 N–H and O–H groups in total. The molecule has 0 amide bonds. The summed E-state index contributed by atoms with van der Waals surface area (Å²) in [5.41, 5.74) is 1.34. The average molecular weight is 391 g/mol. The Hall–Kier alpha value is -1.28. The van der Waals surface area contributed by atoms with Crippen molar-refractivity contribution in [3.63, 3.8) is 0 Å². The van der Waals surface area contributed by atoms with Crippen LogP contribution in [0.25, 0.3) is 10.2 Å². The third kappa shape index (κ3) is 3.83. The fraction of sp³-hybridized carbons (Fsp3) is 0.700. The van der Waals surface area contributed by atoms with Crippen molar-refractivity contribution in [1.29, 1.82) is 0 Å². The molecule has 2 aliphatic rings. The summed E-state index contributed by atoms with van der Waals surface area (Å²) in [6.07, 6.45) is 8.53. The predicted molar refractivity (Wildman–Crippen MR) is 109 cm³/mol. The second kappa shape index (κ2) is 7.99. The first-order valence-electron chi connectivity index (χ1n) is 9.97. The molecule has 2 aromatic heterocycles. The van der Waals surface area contributed by atoms with Crippen LogP contribution in [0.4, 0.5) is 5.82 Å². The highest BCUT2D eigenvalue weighted by Gasteiger charge is 2.32. The van der Waals surface area contributed by atoms with Gasteiger partial charge in [0.15, 0.2) is 6.29 Å². The van der Waals surface area contributed by atoms with Gasteiger partial charge in [-0.3, -0.25) is 0 Å². The normalized spacial score (nSPS) is 26.5. The van der Waals surface area contributed by atoms with Crippen LogP contribution in [0.5, 0.6) is 0 Å². The smallest absolute Gasteiger partial charge is 0.154 e. The molecule has 0 radical (unpaired) electrons. The van der Waals surface area contributed by atoms with Crippen LogP contribution >= 0.6 is 11.3 Å². The molecule has 2 atom stereocenters. The Bertz CT molecular complexity index is 786. The van der Waals surface area contributed by atoms with Crippen molar-refractivity contribution in [3.05, 3.63) is 16.8 Å². The molecule has 0 aliphatic heterocycles. The van der Waals surface area contributed by atoms with Crippen molar-refractivity contribution in [3.8, 4) is 0 Å². The van der Waals surface area contributed by atoms with Gasteiger partial charge in [-0.25, -0.2) is 9.97 Å². The number of hydrogen-bond acceptors (Lipinski definition) is 7. The van der Waals surface area contributed by atoms with Crippen LogP contribution in [0.2, 0.25) is 0 Å². The summed E-state index contributed by atoms with van der Waals surface area (Å²) in [4.78, 5) is 14.0. The molecule has 1 saturated carbocycles. The van der Waals surface area contributed by atoms with Gasteiger partial charge in [0.1, 0.15) is 17.0 Å². The lowest BCUT2D eigenvalue weighted by Gasteiger charge is -2.33. The molecule has 2 aromatic rings. The number of hydrogen-bond donors (Lipinski definition) is 2. The number of anilines is 1. The van der Waals surface area contributed by atoms with Crippen LogP contribution in [0, 0.1) is 0 Å². The average Bonchev–Trinajstić information content (AvgIpc) is 3.22. The predicted octanol–water partition coefficient (Wildman–Crippen LogP) is 3.36. The number of aliphatic hydroxyl groups is 1. The molecular formula is C20H30N4O2S. The molecule has 1 fully saturated rings.